The molecular formula is C10H14ClNO. The second-order valence-corrected chi connectivity index (χ2v) is 3.47. The van der Waals surface area contributed by atoms with Crippen LogP contribution in [0.25, 0.3) is 0 Å². The number of nitrogens with zero attached hydrogens (tertiary/aromatic N) is 1. The standard InChI is InChI=1S/C10H14ClNO/c1-8(5-11)6-12-4-3-10(7-12)9(2)13/h3-5,7,9,13H,6H2,1-2H3/b8-5+. The van der Waals surface area contributed by atoms with E-state index in [1.54, 1.807) is 12.5 Å². The molecule has 1 atom stereocenters. The van der Waals surface area contributed by atoms with E-state index >= 15 is 0 Å². The van der Waals surface area contributed by atoms with Crippen LogP contribution in [0.3, 0.4) is 0 Å². The Kier molecular flexibility index (Phi) is 3.58. The summed E-state index contributed by atoms with van der Waals surface area (Å²) in [5, 5.41) is 9.27. The summed E-state index contributed by atoms with van der Waals surface area (Å²) in [5.41, 5.74) is 3.60. The van der Waals surface area contributed by atoms with Gasteiger partial charge in [0.1, 0.15) is 0 Å². The van der Waals surface area contributed by atoms with Crippen LogP contribution in [-0.4, -0.2) is 9.67 Å². The van der Waals surface area contributed by atoms with Crippen molar-refractivity contribution in [2.45, 2.75) is 26.5 Å². The summed E-state index contributed by atoms with van der Waals surface area (Å²) in [6, 6.07) is 1.91. The van der Waals surface area contributed by atoms with Crippen LogP contribution in [0.5, 0.6) is 0 Å². The van der Waals surface area contributed by atoms with Gasteiger partial charge in [-0.2, -0.15) is 0 Å². The van der Waals surface area contributed by atoms with Crippen molar-refractivity contribution in [3.05, 3.63) is 35.1 Å². The van der Waals surface area contributed by atoms with E-state index in [0.29, 0.717) is 0 Å². The van der Waals surface area contributed by atoms with Gasteiger partial charge in [0.05, 0.1) is 6.10 Å². The summed E-state index contributed by atoms with van der Waals surface area (Å²) >= 11 is 5.55. The Labute approximate surface area is 83.4 Å². The molecule has 0 saturated carbocycles. The van der Waals surface area contributed by atoms with Crippen LogP contribution in [0, 0.1) is 0 Å². The molecule has 0 aliphatic heterocycles. The highest BCUT2D eigenvalue weighted by Gasteiger charge is 2.02. The second-order valence-electron chi connectivity index (χ2n) is 3.25. The maximum atomic E-state index is 9.27. The van der Waals surface area contributed by atoms with Gasteiger partial charge < -0.3 is 9.67 Å². The SMILES string of the molecule is C/C(=C\Cl)Cn1ccc(C(C)O)c1. The molecular weight excluding hydrogens is 186 g/mol. The molecule has 3 heteroatoms. The predicted octanol–water partition coefficient (Wildman–Crippen LogP) is 2.68. The second kappa shape index (κ2) is 4.49. The highest BCUT2D eigenvalue weighted by atomic mass is 35.5. The van der Waals surface area contributed by atoms with Gasteiger partial charge >= 0.3 is 0 Å². The van der Waals surface area contributed by atoms with Crippen molar-refractivity contribution in [2.24, 2.45) is 0 Å². The fraction of sp³-hybridized carbons (Fsp3) is 0.400. The van der Waals surface area contributed by atoms with Gasteiger partial charge in [-0.05, 0) is 31.1 Å². The van der Waals surface area contributed by atoms with Gasteiger partial charge in [0.25, 0.3) is 0 Å². The van der Waals surface area contributed by atoms with Crippen molar-refractivity contribution in [1.82, 2.24) is 4.57 Å². The van der Waals surface area contributed by atoms with Gasteiger partial charge in [0.2, 0.25) is 0 Å². The lowest BCUT2D eigenvalue weighted by molar-refractivity contribution is 0.199. The minimum Gasteiger partial charge on any atom is -0.389 e. The molecule has 0 aromatic carbocycles. The highest BCUT2D eigenvalue weighted by Crippen LogP contribution is 2.13. The van der Waals surface area contributed by atoms with Gasteiger partial charge in [0.15, 0.2) is 0 Å². The number of hydrogen-bond donors (Lipinski definition) is 1. The maximum Gasteiger partial charge on any atom is 0.0776 e. The van der Waals surface area contributed by atoms with E-state index in [-0.39, 0.29) is 0 Å². The molecule has 0 saturated heterocycles. The molecule has 0 aliphatic rings. The first-order valence-electron chi connectivity index (χ1n) is 4.23. The Bertz CT molecular complexity index is 302. The number of aromatic nitrogens is 1. The quantitative estimate of drug-likeness (QED) is 0.796. The molecule has 0 aliphatic carbocycles. The number of aliphatic hydroxyl groups excluding tert-OH is 1. The summed E-state index contributed by atoms with van der Waals surface area (Å²) in [4.78, 5) is 0. The van der Waals surface area contributed by atoms with Crippen LogP contribution in [0.1, 0.15) is 25.5 Å². The van der Waals surface area contributed by atoms with E-state index < -0.39 is 6.10 Å². The lowest BCUT2D eigenvalue weighted by Gasteiger charge is -2.02. The van der Waals surface area contributed by atoms with Crippen molar-refractivity contribution < 1.29 is 5.11 Å². The first-order valence-corrected chi connectivity index (χ1v) is 4.66. The monoisotopic (exact) mass is 199 g/mol. The third kappa shape index (κ3) is 2.90. The Hall–Kier alpha value is -0.730. The molecule has 1 unspecified atom stereocenters. The van der Waals surface area contributed by atoms with Crippen molar-refractivity contribution >= 4 is 11.6 Å². The van der Waals surface area contributed by atoms with Gasteiger partial charge in [-0.15, -0.1) is 0 Å². The Morgan fingerprint density at radius 2 is 2.46 bits per heavy atom. The number of rotatable bonds is 3. The summed E-state index contributed by atoms with van der Waals surface area (Å²) in [6.07, 6.45) is 3.46. The molecule has 0 fully saturated rings. The minimum absolute atomic E-state index is 0.401. The van der Waals surface area contributed by atoms with Gasteiger partial charge in [-0.1, -0.05) is 11.6 Å². The first-order chi connectivity index (χ1) is 6.13. The zero-order chi connectivity index (χ0) is 9.84. The average molecular weight is 200 g/mol. The smallest absolute Gasteiger partial charge is 0.0776 e. The van der Waals surface area contributed by atoms with Crippen LogP contribution >= 0.6 is 11.6 Å². The number of halogens is 1. The summed E-state index contributed by atoms with van der Waals surface area (Å²) in [7, 11) is 0. The first kappa shape index (κ1) is 10.4. The van der Waals surface area contributed by atoms with E-state index in [4.69, 9.17) is 11.6 Å². The largest absolute Gasteiger partial charge is 0.389 e. The third-order valence-corrected chi connectivity index (χ3v) is 2.25. The predicted molar refractivity (Wildman–Crippen MR) is 54.7 cm³/mol. The molecule has 1 aromatic rings. The minimum atomic E-state index is -0.401. The third-order valence-electron chi connectivity index (χ3n) is 1.87. The van der Waals surface area contributed by atoms with Crippen molar-refractivity contribution in [2.75, 3.05) is 0 Å². The topological polar surface area (TPSA) is 25.2 Å². The van der Waals surface area contributed by atoms with Crippen LogP contribution in [-0.2, 0) is 6.54 Å². The lowest BCUT2D eigenvalue weighted by atomic mass is 10.2. The fourth-order valence-corrected chi connectivity index (χ4v) is 1.20. The fourth-order valence-electron chi connectivity index (χ4n) is 1.13. The van der Waals surface area contributed by atoms with Crippen LogP contribution in [0.2, 0.25) is 0 Å². The zero-order valence-corrected chi connectivity index (χ0v) is 8.62. The molecule has 72 valence electrons. The van der Waals surface area contributed by atoms with Gasteiger partial charge in [-0.3, -0.25) is 0 Å². The normalized spacial score (nSPS) is 14.6. The number of hydrogen-bond acceptors (Lipinski definition) is 1. The maximum absolute atomic E-state index is 9.27. The van der Waals surface area contributed by atoms with E-state index in [9.17, 15) is 5.11 Å². The number of aliphatic hydroxyl groups is 1. The Balaban J connectivity index is 2.69. The zero-order valence-electron chi connectivity index (χ0n) is 7.87. The van der Waals surface area contributed by atoms with E-state index in [1.807, 2.05) is 30.0 Å². The molecule has 0 radical (unpaired) electrons. The van der Waals surface area contributed by atoms with E-state index in [1.165, 1.54) is 0 Å². The summed E-state index contributed by atoms with van der Waals surface area (Å²) in [5.74, 6) is 0. The molecule has 1 N–H and O–H groups in total. The molecule has 13 heavy (non-hydrogen) atoms. The summed E-state index contributed by atoms with van der Waals surface area (Å²) < 4.78 is 2.00. The average Bonchev–Trinajstić information content (AvgIpc) is 2.52. The molecule has 1 aromatic heterocycles. The molecule has 1 rings (SSSR count). The Morgan fingerprint density at radius 1 is 1.77 bits per heavy atom. The van der Waals surface area contributed by atoms with Crippen molar-refractivity contribution in [3.8, 4) is 0 Å². The van der Waals surface area contributed by atoms with Crippen LogP contribution in [0.4, 0.5) is 0 Å². The molecule has 0 bridgehead atoms. The van der Waals surface area contributed by atoms with E-state index in [2.05, 4.69) is 0 Å². The highest BCUT2D eigenvalue weighted by molar-refractivity contribution is 6.25. The molecule has 1 heterocycles. The van der Waals surface area contributed by atoms with Crippen LogP contribution < -0.4 is 0 Å². The van der Waals surface area contributed by atoms with E-state index in [0.717, 1.165) is 17.7 Å². The van der Waals surface area contributed by atoms with Crippen molar-refractivity contribution in [1.29, 1.82) is 0 Å². The van der Waals surface area contributed by atoms with Gasteiger partial charge in [-0.25, -0.2) is 0 Å². The van der Waals surface area contributed by atoms with Gasteiger partial charge in [0, 0.05) is 24.5 Å². The lowest BCUT2D eigenvalue weighted by Crippen LogP contribution is -1.95. The van der Waals surface area contributed by atoms with Crippen molar-refractivity contribution in [3.63, 3.8) is 0 Å². The number of allylic oxidation sites excluding steroid dienone is 1. The Morgan fingerprint density at radius 3 is 2.92 bits per heavy atom. The van der Waals surface area contributed by atoms with Crippen LogP contribution in [0.15, 0.2) is 29.6 Å². The molecule has 2 nitrogen and oxygen atoms in total. The molecule has 0 amide bonds. The summed E-state index contributed by atoms with van der Waals surface area (Å²) in [6.45, 7) is 4.50. The molecule has 0 spiro atoms.